The van der Waals surface area contributed by atoms with E-state index in [1.54, 1.807) is 50.4 Å². The van der Waals surface area contributed by atoms with E-state index in [0.29, 0.717) is 38.3 Å². The number of hydrogen-bond acceptors (Lipinski definition) is 7. The summed E-state index contributed by atoms with van der Waals surface area (Å²) < 4.78 is 39.1. The van der Waals surface area contributed by atoms with Gasteiger partial charge in [-0.2, -0.15) is 4.98 Å². The molecule has 30 heavy (non-hydrogen) atoms. The number of benzene rings is 1. The fourth-order valence-electron chi connectivity index (χ4n) is 3.01. The Kier molecular flexibility index (Phi) is 5.79. The summed E-state index contributed by atoms with van der Waals surface area (Å²) in [7, 11) is -3.72. The summed E-state index contributed by atoms with van der Waals surface area (Å²) in [5.41, 5.74) is 0.715. The SMILES string of the molecule is Cc1sc(-c2nc(-c3cccc(Cl)c3)no2)cc1S(=O)(=O)N[C@H](C)Cc1ccco1. The van der Waals surface area contributed by atoms with Crippen LogP contribution in [-0.4, -0.2) is 24.6 Å². The number of furan rings is 1. The maximum atomic E-state index is 12.9. The zero-order valence-electron chi connectivity index (χ0n) is 16.1. The van der Waals surface area contributed by atoms with Gasteiger partial charge in [0.1, 0.15) is 5.76 Å². The average molecular weight is 464 g/mol. The maximum Gasteiger partial charge on any atom is 0.268 e. The summed E-state index contributed by atoms with van der Waals surface area (Å²) in [6.45, 7) is 3.53. The topological polar surface area (TPSA) is 98.2 Å². The summed E-state index contributed by atoms with van der Waals surface area (Å²) in [5, 5.41) is 4.55. The molecule has 4 rings (SSSR count). The maximum absolute atomic E-state index is 12.9. The summed E-state index contributed by atoms with van der Waals surface area (Å²) in [6, 6.07) is 11.9. The van der Waals surface area contributed by atoms with Crippen molar-refractivity contribution < 1.29 is 17.4 Å². The lowest BCUT2D eigenvalue weighted by Gasteiger charge is -2.12. The average Bonchev–Trinajstić information content (AvgIpc) is 3.41. The molecule has 1 atom stereocenters. The van der Waals surface area contributed by atoms with Crippen LogP contribution in [0.1, 0.15) is 17.6 Å². The summed E-state index contributed by atoms with van der Waals surface area (Å²) >= 11 is 7.29. The number of hydrogen-bond donors (Lipinski definition) is 1. The highest BCUT2D eigenvalue weighted by Gasteiger charge is 2.24. The number of rotatable bonds is 7. The van der Waals surface area contributed by atoms with Crippen molar-refractivity contribution in [3.05, 3.63) is 64.4 Å². The van der Waals surface area contributed by atoms with Crippen LogP contribution in [0.2, 0.25) is 5.02 Å². The van der Waals surface area contributed by atoms with Gasteiger partial charge in [0.2, 0.25) is 15.8 Å². The third-order valence-electron chi connectivity index (χ3n) is 4.33. The van der Waals surface area contributed by atoms with Gasteiger partial charge in [0.15, 0.2) is 0 Å². The Morgan fingerprint density at radius 2 is 2.07 bits per heavy atom. The van der Waals surface area contributed by atoms with Crippen molar-refractivity contribution in [3.63, 3.8) is 0 Å². The Balaban J connectivity index is 1.56. The minimum absolute atomic E-state index is 0.191. The molecule has 0 saturated heterocycles. The fraction of sp³-hybridized carbons (Fsp3) is 0.200. The molecule has 156 valence electrons. The normalized spacial score (nSPS) is 12.9. The second kappa shape index (κ2) is 8.35. The number of sulfonamides is 1. The van der Waals surface area contributed by atoms with Crippen LogP contribution in [-0.2, 0) is 16.4 Å². The summed E-state index contributed by atoms with van der Waals surface area (Å²) in [4.78, 5) is 5.78. The molecule has 0 unspecified atom stereocenters. The van der Waals surface area contributed by atoms with Crippen molar-refractivity contribution >= 4 is 33.0 Å². The van der Waals surface area contributed by atoms with E-state index in [2.05, 4.69) is 14.9 Å². The van der Waals surface area contributed by atoms with Crippen LogP contribution in [0.3, 0.4) is 0 Å². The molecule has 10 heteroatoms. The molecule has 1 aromatic carbocycles. The first-order valence-corrected chi connectivity index (χ1v) is 11.7. The number of nitrogens with one attached hydrogen (secondary N) is 1. The van der Waals surface area contributed by atoms with Crippen LogP contribution in [0.5, 0.6) is 0 Å². The largest absolute Gasteiger partial charge is 0.469 e. The molecule has 0 aliphatic carbocycles. The molecule has 0 saturated carbocycles. The van der Waals surface area contributed by atoms with E-state index in [-0.39, 0.29) is 16.8 Å². The van der Waals surface area contributed by atoms with E-state index in [0.717, 1.165) is 0 Å². The quantitative estimate of drug-likeness (QED) is 0.417. The van der Waals surface area contributed by atoms with Gasteiger partial charge in [-0.05, 0) is 44.2 Å². The molecule has 3 aromatic heterocycles. The smallest absolute Gasteiger partial charge is 0.268 e. The van der Waals surface area contributed by atoms with Crippen molar-refractivity contribution in [1.29, 1.82) is 0 Å². The number of aromatic nitrogens is 2. The third kappa shape index (κ3) is 4.49. The molecule has 0 radical (unpaired) electrons. The zero-order valence-corrected chi connectivity index (χ0v) is 18.5. The van der Waals surface area contributed by atoms with Gasteiger partial charge in [-0.25, -0.2) is 13.1 Å². The highest BCUT2D eigenvalue weighted by atomic mass is 35.5. The predicted molar refractivity (Wildman–Crippen MR) is 115 cm³/mol. The number of nitrogens with zero attached hydrogens (tertiary/aromatic N) is 2. The van der Waals surface area contributed by atoms with Crippen LogP contribution in [0.25, 0.3) is 22.2 Å². The second-order valence-electron chi connectivity index (χ2n) is 6.77. The van der Waals surface area contributed by atoms with Gasteiger partial charge in [0, 0.05) is 27.9 Å². The van der Waals surface area contributed by atoms with Crippen LogP contribution in [0, 0.1) is 6.92 Å². The van der Waals surface area contributed by atoms with Crippen molar-refractivity contribution in [2.45, 2.75) is 31.2 Å². The van der Waals surface area contributed by atoms with Crippen LogP contribution in [0.15, 0.2) is 62.6 Å². The predicted octanol–water partition coefficient (Wildman–Crippen LogP) is 4.93. The monoisotopic (exact) mass is 463 g/mol. The lowest BCUT2D eigenvalue weighted by Crippen LogP contribution is -2.34. The van der Waals surface area contributed by atoms with Crippen LogP contribution < -0.4 is 4.72 Å². The molecule has 0 fully saturated rings. The van der Waals surface area contributed by atoms with Gasteiger partial charge in [-0.3, -0.25) is 0 Å². The number of thiophene rings is 1. The first-order chi connectivity index (χ1) is 14.3. The van der Waals surface area contributed by atoms with Crippen molar-refractivity contribution in [1.82, 2.24) is 14.9 Å². The first-order valence-electron chi connectivity index (χ1n) is 9.07. The minimum Gasteiger partial charge on any atom is -0.469 e. The first kappa shape index (κ1) is 20.8. The van der Waals surface area contributed by atoms with E-state index < -0.39 is 10.0 Å². The van der Waals surface area contributed by atoms with Crippen molar-refractivity contribution in [3.8, 4) is 22.2 Å². The minimum atomic E-state index is -3.72. The molecule has 0 aliphatic rings. The number of aryl methyl sites for hydroxylation is 1. The molecule has 3 heterocycles. The molecule has 7 nitrogen and oxygen atoms in total. The van der Waals surface area contributed by atoms with E-state index in [1.807, 2.05) is 12.1 Å². The van der Waals surface area contributed by atoms with Crippen molar-refractivity contribution in [2.75, 3.05) is 0 Å². The lowest BCUT2D eigenvalue weighted by molar-refractivity contribution is 0.433. The number of halogens is 1. The van der Waals surface area contributed by atoms with E-state index >= 15 is 0 Å². The van der Waals surface area contributed by atoms with E-state index in [1.165, 1.54) is 11.3 Å². The van der Waals surface area contributed by atoms with Gasteiger partial charge in [0.05, 0.1) is 16.0 Å². The Labute approximate surface area is 182 Å². The molecule has 4 aromatic rings. The zero-order chi connectivity index (χ0) is 21.3. The third-order valence-corrected chi connectivity index (χ3v) is 7.44. The molecular formula is C20H18ClN3O4S2. The second-order valence-corrected chi connectivity index (χ2v) is 10.1. The van der Waals surface area contributed by atoms with Crippen LogP contribution in [0.4, 0.5) is 0 Å². The standard InChI is InChI=1S/C20H18ClN3O4S2/c1-12(9-16-7-4-8-27-16)24-30(25,26)18-11-17(29-13(18)2)20-22-19(23-28-20)14-5-3-6-15(21)10-14/h3-8,10-12,24H,9H2,1-2H3/t12-/m1/s1. The fourth-order valence-corrected chi connectivity index (χ4v) is 5.95. The molecule has 0 amide bonds. The Hall–Kier alpha value is -2.46. The lowest BCUT2D eigenvalue weighted by atomic mass is 10.2. The highest BCUT2D eigenvalue weighted by molar-refractivity contribution is 7.89. The molecule has 0 spiro atoms. The van der Waals surface area contributed by atoms with Crippen molar-refractivity contribution in [2.24, 2.45) is 0 Å². The molecule has 0 bridgehead atoms. The van der Waals surface area contributed by atoms with Crippen LogP contribution >= 0.6 is 22.9 Å². The van der Waals surface area contributed by atoms with E-state index in [4.69, 9.17) is 20.5 Å². The summed E-state index contributed by atoms with van der Waals surface area (Å²) in [5.74, 6) is 1.35. The Morgan fingerprint density at radius 1 is 1.23 bits per heavy atom. The van der Waals surface area contributed by atoms with Gasteiger partial charge in [-0.1, -0.05) is 28.9 Å². The highest BCUT2D eigenvalue weighted by Crippen LogP contribution is 2.34. The van der Waals surface area contributed by atoms with E-state index in [9.17, 15) is 8.42 Å². The van der Waals surface area contributed by atoms with Gasteiger partial charge in [-0.15, -0.1) is 11.3 Å². The van der Waals surface area contributed by atoms with Gasteiger partial charge >= 0.3 is 0 Å². The van der Waals surface area contributed by atoms with Gasteiger partial charge in [0.25, 0.3) is 5.89 Å². The molecular weight excluding hydrogens is 446 g/mol. The summed E-state index contributed by atoms with van der Waals surface area (Å²) in [6.07, 6.45) is 2.02. The Bertz CT molecular complexity index is 1260. The Morgan fingerprint density at radius 3 is 2.80 bits per heavy atom. The van der Waals surface area contributed by atoms with Gasteiger partial charge < -0.3 is 8.94 Å². The molecule has 1 N–H and O–H groups in total. The molecule has 0 aliphatic heterocycles.